The van der Waals surface area contributed by atoms with E-state index in [1.54, 1.807) is 12.1 Å². The minimum atomic E-state index is -0.260. The Bertz CT molecular complexity index is 1190. The van der Waals surface area contributed by atoms with E-state index in [-0.39, 0.29) is 17.5 Å². The van der Waals surface area contributed by atoms with Crippen molar-refractivity contribution in [2.24, 2.45) is 0 Å². The molecule has 1 amide bonds. The summed E-state index contributed by atoms with van der Waals surface area (Å²) in [4.78, 5) is 16.6. The van der Waals surface area contributed by atoms with Gasteiger partial charge in [-0.3, -0.25) is 4.79 Å². The third-order valence-electron chi connectivity index (χ3n) is 4.83. The maximum Gasteiger partial charge on any atom is 0.230 e. The van der Waals surface area contributed by atoms with Crippen molar-refractivity contribution in [3.05, 3.63) is 59.9 Å². The summed E-state index contributed by atoms with van der Waals surface area (Å²) in [6.07, 6.45) is 1.99. The largest absolute Gasteiger partial charge is 0.355 e. The first-order chi connectivity index (χ1) is 14.7. The number of rotatable bonds is 8. The van der Waals surface area contributed by atoms with Gasteiger partial charge < -0.3 is 9.88 Å². The van der Waals surface area contributed by atoms with Gasteiger partial charge >= 0.3 is 0 Å². The fraction of sp³-hybridized carbons (Fsp3) is 0.273. The molecular weight excluding hydrogens is 401 g/mol. The molecule has 0 spiro atoms. The molecule has 30 heavy (non-hydrogen) atoms. The maximum absolute atomic E-state index is 14.3. The summed E-state index contributed by atoms with van der Waals surface area (Å²) in [5.41, 5.74) is 2.78. The average molecular weight is 424 g/mol. The van der Waals surface area contributed by atoms with Crippen LogP contribution in [0.4, 0.5) is 4.39 Å². The van der Waals surface area contributed by atoms with Gasteiger partial charge in [-0.2, -0.15) is 0 Å². The van der Waals surface area contributed by atoms with Crippen molar-refractivity contribution in [2.45, 2.75) is 31.5 Å². The maximum atomic E-state index is 14.3. The first kappa shape index (κ1) is 20.3. The van der Waals surface area contributed by atoms with Crippen LogP contribution in [0.15, 0.2) is 53.7 Å². The molecule has 2 heterocycles. The van der Waals surface area contributed by atoms with Gasteiger partial charge in [0.05, 0.1) is 17.8 Å². The van der Waals surface area contributed by atoms with E-state index < -0.39 is 0 Å². The van der Waals surface area contributed by atoms with Gasteiger partial charge in [0.2, 0.25) is 11.1 Å². The zero-order valence-electron chi connectivity index (χ0n) is 16.6. The van der Waals surface area contributed by atoms with Crippen LogP contribution in [0.1, 0.15) is 25.3 Å². The number of hydrogen-bond donors (Lipinski definition) is 1. The van der Waals surface area contributed by atoms with E-state index in [2.05, 4.69) is 27.4 Å². The highest BCUT2D eigenvalue weighted by atomic mass is 32.2. The summed E-state index contributed by atoms with van der Waals surface area (Å²) >= 11 is 1.25. The lowest BCUT2D eigenvalue weighted by Crippen LogP contribution is -2.26. The highest BCUT2D eigenvalue weighted by Gasteiger charge is 2.16. The Morgan fingerprint density at radius 3 is 2.77 bits per heavy atom. The number of hydrogen-bond acceptors (Lipinski definition) is 5. The van der Waals surface area contributed by atoms with Crippen molar-refractivity contribution in [1.29, 1.82) is 0 Å². The van der Waals surface area contributed by atoms with Gasteiger partial charge in [-0.25, -0.2) is 9.37 Å². The first-order valence-electron chi connectivity index (χ1n) is 9.92. The number of carbonyl (C=O) groups excluding carboxylic acids is 1. The molecule has 6 nitrogen and oxygen atoms in total. The molecule has 2 aromatic heterocycles. The number of unbranched alkanes of at least 4 members (excludes halogenated alkanes) is 1. The molecule has 8 heteroatoms. The SMILES string of the molecule is CCCCNC(=O)CSc1nnc2c3ccccc3n(Cc3ccccc3F)c2n1. The molecule has 1 N–H and O–H groups in total. The van der Waals surface area contributed by atoms with Crippen LogP contribution in [0.5, 0.6) is 0 Å². The van der Waals surface area contributed by atoms with Gasteiger partial charge in [0.1, 0.15) is 11.3 Å². The van der Waals surface area contributed by atoms with E-state index in [9.17, 15) is 9.18 Å². The third-order valence-corrected chi connectivity index (χ3v) is 5.66. The second kappa shape index (κ2) is 9.21. The van der Waals surface area contributed by atoms with Gasteiger partial charge in [-0.1, -0.05) is 61.5 Å². The van der Waals surface area contributed by atoms with Gasteiger partial charge in [0.15, 0.2) is 5.65 Å². The number of nitrogens with one attached hydrogen (secondary N) is 1. The monoisotopic (exact) mass is 423 g/mol. The Balaban J connectivity index is 1.66. The van der Waals surface area contributed by atoms with E-state index in [4.69, 9.17) is 0 Å². The van der Waals surface area contributed by atoms with Crippen molar-refractivity contribution >= 4 is 39.7 Å². The highest BCUT2D eigenvalue weighted by Crippen LogP contribution is 2.28. The standard InChI is InChI=1S/C22H22FN5OS/c1-2-3-12-24-19(29)14-30-22-25-21-20(26-27-22)16-9-5-7-11-18(16)28(21)13-15-8-4-6-10-17(15)23/h4-11H,2-3,12-14H2,1H3,(H,24,29). The average Bonchev–Trinajstić information content (AvgIpc) is 3.07. The molecule has 4 rings (SSSR count). The molecule has 0 fully saturated rings. The van der Waals surface area contributed by atoms with Gasteiger partial charge in [0.25, 0.3) is 0 Å². The summed E-state index contributed by atoms with van der Waals surface area (Å²) in [5, 5.41) is 12.8. The number of thioether (sulfide) groups is 1. The van der Waals surface area contributed by atoms with Crippen molar-refractivity contribution in [2.75, 3.05) is 12.3 Å². The topological polar surface area (TPSA) is 72.7 Å². The summed E-state index contributed by atoms with van der Waals surface area (Å²) in [5.74, 6) is -0.0856. The lowest BCUT2D eigenvalue weighted by Gasteiger charge is -2.08. The summed E-state index contributed by atoms with van der Waals surface area (Å²) < 4.78 is 16.2. The van der Waals surface area contributed by atoms with Gasteiger partial charge in [-0.15, -0.1) is 10.2 Å². The minimum absolute atomic E-state index is 0.0518. The number of halogens is 1. The van der Waals surface area contributed by atoms with Gasteiger partial charge in [0, 0.05) is 17.5 Å². The quantitative estimate of drug-likeness (QED) is 0.340. The van der Waals surface area contributed by atoms with Crippen LogP contribution in [0.3, 0.4) is 0 Å². The second-order valence-corrected chi connectivity index (χ2v) is 7.90. The lowest BCUT2D eigenvalue weighted by molar-refractivity contribution is -0.118. The third kappa shape index (κ3) is 4.28. The van der Waals surface area contributed by atoms with Crippen molar-refractivity contribution in [3.63, 3.8) is 0 Å². The smallest absolute Gasteiger partial charge is 0.230 e. The Kier molecular flexibility index (Phi) is 6.23. The zero-order chi connectivity index (χ0) is 20.9. The Hall–Kier alpha value is -3.00. The van der Waals surface area contributed by atoms with Crippen LogP contribution < -0.4 is 5.32 Å². The summed E-state index contributed by atoms with van der Waals surface area (Å²) in [6.45, 7) is 3.08. The minimum Gasteiger partial charge on any atom is -0.355 e. The molecule has 0 aliphatic carbocycles. The molecule has 0 saturated carbocycles. The van der Waals surface area contributed by atoms with Gasteiger partial charge in [-0.05, 0) is 18.6 Å². The fourth-order valence-electron chi connectivity index (χ4n) is 3.29. The van der Waals surface area contributed by atoms with E-state index in [1.165, 1.54) is 17.8 Å². The van der Waals surface area contributed by atoms with E-state index >= 15 is 0 Å². The molecule has 0 saturated heterocycles. The number of carbonyl (C=O) groups is 1. The normalized spacial score (nSPS) is 11.3. The molecule has 0 radical (unpaired) electrons. The fourth-order valence-corrected chi connectivity index (χ4v) is 3.90. The number of para-hydroxylation sites is 1. The van der Waals surface area contributed by atoms with Crippen molar-refractivity contribution < 1.29 is 9.18 Å². The lowest BCUT2D eigenvalue weighted by atomic mass is 10.2. The second-order valence-electron chi connectivity index (χ2n) is 6.95. The number of benzene rings is 2. The number of fused-ring (bicyclic) bond motifs is 3. The zero-order valence-corrected chi connectivity index (χ0v) is 17.5. The molecule has 0 bridgehead atoms. The summed E-state index contributed by atoms with van der Waals surface area (Å²) in [7, 11) is 0. The van der Waals surface area contributed by atoms with Crippen LogP contribution in [0.25, 0.3) is 22.1 Å². The number of amides is 1. The van der Waals surface area contributed by atoms with Crippen LogP contribution in [-0.4, -0.2) is 38.0 Å². The van der Waals surface area contributed by atoms with Crippen LogP contribution in [0.2, 0.25) is 0 Å². The molecule has 2 aromatic carbocycles. The van der Waals surface area contributed by atoms with Crippen LogP contribution in [0, 0.1) is 5.82 Å². The molecule has 0 atom stereocenters. The van der Waals surface area contributed by atoms with Crippen LogP contribution >= 0.6 is 11.8 Å². The predicted octanol–water partition coefficient (Wildman–Crippen LogP) is 4.18. The Morgan fingerprint density at radius 2 is 1.93 bits per heavy atom. The molecule has 154 valence electrons. The Labute approximate surface area is 177 Å². The van der Waals surface area contributed by atoms with Crippen molar-refractivity contribution in [1.82, 2.24) is 25.1 Å². The predicted molar refractivity (Wildman–Crippen MR) is 117 cm³/mol. The molecule has 0 aliphatic heterocycles. The van der Waals surface area contributed by atoms with Crippen molar-refractivity contribution in [3.8, 4) is 0 Å². The molecule has 4 aromatic rings. The molecule has 0 aliphatic rings. The molecular formula is C22H22FN5OS. The molecule has 0 unspecified atom stereocenters. The van der Waals surface area contributed by atoms with E-state index in [0.717, 1.165) is 23.7 Å². The number of aromatic nitrogens is 4. The Morgan fingerprint density at radius 1 is 1.13 bits per heavy atom. The first-order valence-corrected chi connectivity index (χ1v) is 10.9. The van der Waals surface area contributed by atoms with Crippen LogP contribution in [-0.2, 0) is 11.3 Å². The van der Waals surface area contributed by atoms with E-state index in [0.29, 0.717) is 35.0 Å². The van der Waals surface area contributed by atoms with E-state index in [1.807, 2.05) is 34.9 Å². The number of nitrogens with zero attached hydrogens (tertiary/aromatic N) is 4. The highest BCUT2D eigenvalue weighted by molar-refractivity contribution is 7.99. The summed E-state index contributed by atoms with van der Waals surface area (Å²) in [6, 6.07) is 14.5.